The molecule has 5 heteroatoms. The van der Waals surface area contributed by atoms with Crippen molar-refractivity contribution in [2.24, 2.45) is 0 Å². The first-order chi connectivity index (χ1) is 9.95. The molecule has 2 rings (SSSR count). The Labute approximate surface area is 120 Å². The Morgan fingerprint density at radius 3 is 2.48 bits per heavy atom. The van der Waals surface area contributed by atoms with E-state index < -0.39 is 17.8 Å². The molecule has 0 saturated heterocycles. The topological polar surface area (TPSA) is 63.6 Å². The maximum Gasteiger partial charge on any atom is 0.340 e. The zero-order valence-corrected chi connectivity index (χ0v) is 11.5. The van der Waals surface area contributed by atoms with Gasteiger partial charge in [0.2, 0.25) is 0 Å². The third-order valence-corrected chi connectivity index (χ3v) is 3.25. The standard InChI is InChI=1S/C16H13FO4/c1-9-11(4-3-5-12(9)15(18)19)10-6-7-14(17)13(8-10)16(20)21-2/h3-8H,1-2H3,(H,18,19). The van der Waals surface area contributed by atoms with Crippen LogP contribution in [0, 0.1) is 12.7 Å². The van der Waals surface area contributed by atoms with Gasteiger partial charge in [-0.25, -0.2) is 14.0 Å². The molecular weight excluding hydrogens is 275 g/mol. The van der Waals surface area contributed by atoms with Gasteiger partial charge in [-0.15, -0.1) is 0 Å². The third-order valence-electron chi connectivity index (χ3n) is 3.25. The Hall–Kier alpha value is -2.69. The fourth-order valence-corrected chi connectivity index (χ4v) is 2.14. The van der Waals surface area contributed by atoms with Crippen LogP contribution in [0.25, 0.3) is 11.1 Å². The molecule has 108 valence electrons. The van der Waals surface area contributed by atoms with Crippen LogP contribution in [0.1, 0.15) is 26.3 Å². The number of carboxylic acid groups (broad SMARTS) is 1. The van der Waals surface area contributed by atoms with Gasteiger partial charge in [0.25, 0.3) is 0 Å². The van der Waals surface area contributed by atoms with E-state index in [9.17, 15) is 14.0 Å². The largest absolute Gasteiger partial charge is 0.478 e. The minimum Gasteiger partial charge on any atom is -0.478 e. The van der Waals surface area contributed by atoms with Crippen LogP contribution < -0.4 is 0 Å². The van der Waals surface area contributed by atoms with Crippen LogP contribution in [0.4, 0.5) is 4.39 Å². The van der Waals surface area contributed by atoms with Gasteiger partial charge < -0.3 is 9.84 Å². The summed E-state index contributed by atoms with van der Waals surface area (Å²) in [6.07, 6.45) is 0. The second-order valence-corrected chi connectivity index (χ2v) is 4.47. The van der Waals surface area contributed by atoms with E-state index in [4.69, 9.17) is 5.11 Å². The highest BCUT2D eigenvalue weighted by atomic mass is 19.1. The molecule has 0 heterocycles. The highest BCUT2D eigenvalue weighted by Gasteiger charge is 2.16. The number of esters is 1. The lowest BCUT2D eigenvalue weighted by Crippen LogP contribution is -2.05. The quantitative estimate of drug-likeness (QED) is 0.880. The van der Waals surface area contributed by atoms with Gasteiger partial charge in [-0.05, 0) is 41.8 Å². The molecule has 0 aliphatic carbocycles. The number of carboxylic acids is 1. The lowest BCUT2D eigenvalue weighted by Gasteiger charge is -2.10. The predicted molar refractivity (Wildman–Crippen MR) is 74.9 cm³/mol. The van der Waals surface area contributed by atoms with E-state index in [1.54, 1.807) is 19.1 Å². The van der Waals surface area contributed by atoms with Gasteiger partial charge >= 0.3 is 11.9 Å². The maximum absolute atomic E-state index is 13.6. The normalized spacial score (nSPS) is 10.2. The summed E-state index contributed by atoms with van der Waals surface area (Å²) in [6.45, 7) is 1.67. The van der Waals surface area contributed by atoms with E-state index in [1.807, 2.05) is 0 Å². The Balaban J connectivity index is 2.60. The van der Waals surface area contributed by atoms with E-state index in [2.05, 4.69) is 4.74 Å². The number of rotatable bonds is 3. The van der Waals surface area contributed by atoms with Gasteiger partial charge in [-0.2, -0.15) is 0 Å². The average Bonchev–Trinajstić information content (AvgIpc) is 2.47. The third kappa shape index (κ3) is 2.76. The number of benzene rings is 2. The highest BCUT2D eigenvalue weighted by molar-refractivity contribution is 5.94. The van der Waals surface area contributed by atoms with Gasteiger partial charge in [0.1, 0.15) is 5.82 Å². The van der Waals surface area contributed by atoms with Gasteiger partial charge in [0, 0.05) is 0 Å². The molecule has 0 bridgehead atoms. The fraction of sp³-hybridized carbons (Fsp3) is 0.125. The molecule has 1 N–H and O–H groups in total. The van der Waals surface area contributed by atoms with Crippen LogP contribution in [-0.2, 0) is 4.74 Å². The van der Waals surface area contributed by atoms with Crippen molar-refractivity contribution in [1.82, 2.24) is 0 Å². The molecule has 0 saturated carbocycles. The monoisotopic (exact) mass is 288 g/mol. The molecule has 0 radical (unpaired) electrons. The smallest absolute Gasteiger partial charge is 0.340 e. The van der Waals surface area contributed by atoms with Crippen molar-refractivity contribution in [3.63, 3.8) is 0 Å². The van der Waals surface area contributed by atoms with E-state index in [0.717, 1.165) is 6.07 Å². The van der Waals surface area contributed by atoms with Crippen molar-refractivity contribution in [2.45, 2.75) is 6.92 Å². The Kier molecular flexibility index (Phi) is 4.03. The number of aromatic carboxylic acids is 1. The van der Waals surface area contributed by atoms with Crippen LogP contribution in [0.5, 0.6) is 0 Å². The van der Waals surface area contributed by atoms with Crippen molar-refractivity contribution in [1.29, 1.82) is 0 Å². The number of carbonyl (C=O) groups excluding carboxylic acids is 1. The van der Waals surface area contributed by atoms with Gasteiger partial charge in [0.05, 0.1) is 18.2 Å². The molecule has 0 aliphatic rings. The molecule has 0 unspecified atom stereocenters. The summed E-state index contributed by atoms with van der Waals surface area (Å²) in [5.74, 6) is -2.50. The lowest BCUT2D eigenvalue weighted by molar-refractivity contribution is 0.0594. The summed E-state index contributed by atoms with van der Waals surface area (Å²) in [5.41, 5.74) is 1.71. The molecule has 2 aromatic carbocycles. The van der Waals surface area contributed by atoms with Crippen LogP contribution in [0.15, 0.2) is 36.4 Å². The molecule has 0 atom stereocenters. The molecule has 0 fully saturated rings. The van der Waals surface area contributed by atoms with Gasteiger partial charge in [-0.3, -0.25) is 0 Å². The maximum atomic E-state index is 13.6. The van der Waals surface area contributed by atoms with Crippen LogP contribution in [0.2, 0.25) is 0 Å². The van der Waals surface area contributed by atoms with E-state index in [0.29, 0.717) is 16.7 Å². The molecule has 0 spiro atoms. The molecule has 0 aromatic heterocycles. The van der Waals surface area contributed by atoms with Crippen molar-refractivity contribution in [3.8, 4) is 11.1 Å². The number of carbonyl (C=O) groups is 2. The first-order valence-corrected chi connectivity index (χ1v) is 6.17. The zero-order valence-electron chi connectivity index (χ0n) is 11.5. The first-order valence-electron chi connectivity index (χ1n) is 6.17. The van der Waals surface area contributed by atoms with Crippen molar-refractivity contribution in [2.75, 3.05) is 7.11 Å². The molecular formula is C16H13FO4. The second-order valence-electron chi connectivity index (χ2n) is 4.47. The van der Waals surface area contributed by atoms with Gasteiger partial charge in [-0.1, -0.05) is 18.2 Å². The molecule has 0 amide bonds. The van der Waals surface area contributed by atoms with E-state index in [1.165, 1.54) is 25.3 Å². The van der Waals surface area contributed by atoms with Crippen LogP contribution in [0.3, 0.4) is 0 Å². The van der Waals surface area contributed by atoms with Crippen LogP contribution >= 0.6 is 0 Å². The summed E-state index contributed by atoms with van der Waals surface area (Å²) in [7, 11) is 1.17. The predicted octanol–water partition coefficient (Wildman–Crippen LogP) is 3.29. The molecule has 2 aromatic rings. The highest BCUT2D eigenvalue weighted by Crippen LogP contribution is 2.27. The Bertz CT molecular complexity index is 722. The molecule has 21 heavy (non-hydrogen) atoms. The number of hydrogen-bond acceptors (Lipinski definition) is 3. The summed E-state index contributed by atoms with van der Waals surface area (Å²) in [5, 5.41) is 9.13. The number of hydrogen-bond donors (Lipinski definition) is 1. The first kappa shape index (κ1) is 14.7. The van der Waals surface area contributed by atoms with E-state index in [-0.39, 0.29) is 11.1 Å². The minimum absolute atomic E-state index is 0.163. The summed E-state index contributed by atoms with van der Waals surface area (Å²) >= 11 is 0. The SMILES string of the molecule is COC(=O)c1cc(-c2cccc(C(=O)O)c2C)ccc1F. The number of halogens is 1. The Morgan fingerprint density at radius 1 is 1.14 bits per heavy atom. The fourth-order valence-electron chi connectivity index (χ4n) is 2.14. The van der Waals surface area contributed by atoms with Crippen LogP contribution in [-0.4, -0.2) is 24.2 Å². The molecule has 0 aliphatic heterocycles. The van der Waals surface area contributed by atoms with Gasteiger partial charge in [0.15, 0.2) is 0 Å². The summed E-state index contributed by atoms with van der Waals surface area (Å²) in [6, 6.07) is 8.83. The second kappa shape index (κ2) is 5.75. The van der Waals surface area contributed by atoms with Crippen molar-refractivity contribution >= 4 is 11.9 Å². The summed E-state index contributed by atoms with van der Waals surface area (Å²) in [4.78, 5) is 22.7. The average molecular weight is 288 g/mol. The van der Waals surface area contributed by atoms with Crippen molar-refractivity contribution < 1.29 is 23.8 Å². The minimum atomic E-state index is -1.04. The number of methoxy groups -OCH3 is 1. The molecule has 4 nitrogen and oxygen atoms in total. The lowest BCUT2D eigenvalue weighted by atomic mass is 9.95. The Morgan fingerprint density at radius 2 is 1.86 bits per heavy atom. The number of ether oxygens (including phenoxy) is 1. The summed E-state index contributed by atoms with van der Waals surface area (Å²) < 4.78 is 18.2. The zero-order chi connectivity index (χ0) is 15.6. The van der Waals surface area contributed by atoms with Crippen molar-refractivity contribution in [3.05, 3.63) is 58.9 Å². The van der Waals surface area contributed by atoms with E-state index >= 15 is 0 Å².